The Kier molecular flexibility index (Phi) is 4.96. The van der Waals surface area contributed by atoms with Gasteiger partial charge in [-0.3, -0.25) is 4.79 Å². The monoisotopic (exact) mass is 368 g/mol. The second kappa shape index (κ2) is 7.52. The number of aromatic nitrogens is 1. The van der Waals surface area contributed by atoms with Crippen molar-refractivity contribution in [1.29, 1.82) is 0 Å². The molecule has 5 heteroatoms. The van der Waals surface area contributed by atoms with Gasteiger partial charge in [0.25, 0.3) is 5.91 Å². The summed E-state index contributed by atoms with van der Waals surface area (Å²) >= 11 is 6.02. The number of fused-ring (bicyclic) bond motifs is 1. The van der Waals surface area contributed by atoms with Crippen LogP contribution in [0.3, 0.4) is 0 Å². The summed E-state index contributed by atoms with van der Waals surface area (Å²) in [5, 5.41) is 4.82. The van der Waals surface area contributed by atoms with E-state index in [1.54, 1.807) is 4.90 Å². The first kappa shape index (κ1) is 17.1. The maximum atomic E-state index is 12.6. The predicted molar refractivity (Wildman–Crippen MR) is 105 cm³/mol. The van der Waals surface area contributed by atoms with Crippen LogP contribution in [0.15, 0.2) is 54.6 Å². The summed E-state index contributed by atoms with van der Waals surface area (Å²) in [7, 11) is 0. The van der Waals surface area contributed by atoms with Crippen LogP contribution in [0.5, 0.6) is 0 Å². The van der Waals surface area contributed by atoms with Gasteiger partial charge in [0.1, 0.15) is 12.2 Å². The van der Waals surface area contributed by atoms with Crippen molar-refractivity contribution in [2.75, 3.05) is 13.1 Å². The number of amides is 1. The number of H-pyrrole nitrogens is 1. The highest BCUT2D eigenvalue weighted by Crippen LogP contribution is 2.20. The molecule has 3 aromatic rings. The third-order valence-electron chi connectivity index (χ3n) is 5.15. The Balaban J connectivity index is 1.32. The van der Waals surface area contributed by atoms with Gasteiger partial charge in [0.15, 0.2) is 0 Å². The van der Waals surface area contributed by atoms with Crippen molar-refractivity contribution < 1.29 is 9.69 Å². The number of benzene rings is 2. The van der Waals surface area contributed by atoms with Crippen LogP contribution in [0.25, 0.3) is 10.9 Å². The maximum absolute atomic E-state index is 12.6. The summed E-state index contributed by atoms with van der Waals surface area (Å²) < 4.78 is 0. The first-order valence-electron chi connectivity index (χ1n) is 9.14. The molecule has 0 radical (unpaired) electrons. The molecule has 1 aromatic heterocycles. The number of aromatic amines is 1. The van der Waals surface area contributed by atoms with Gasteiger partial charge in [-0.15, -0.1) is 0 Å². The summed E-state index contributed by atoms with van der Waals surface area (Å²) in [5.41, 5.74) is 2.91. The molecule has 2 aromatic carbocycles. The van der Waals surface area contributed by atoms with Gasteiger partial charge in [0.05, 0.1) is 13.1 Å². The van der Waals surface area contributed by atoms with Crippen molar-refractivity contribution in [3.05, 3.63) is 70.9 Å². The second-order valence-electron chi connectivity index (χ2n) is 7.07. The Morgan fingerprint density at radius 1 is 1.12 bits per heavy atom. The van der Waals surface area contributed by atoms with E-state index in [2.05, 4.69) is 40.6 Å². The van der Waals surface area contributed by atoms with E-state index in [0.29, 0.717) is 10.7 Å². The minimum atomic E-state index is -0.0335. The van der Waals surface area contributed by atoms with E-state index in [1.807, 2.05) is 24.3 Å². The van der Waals surface area contributed by atoms with Crippen LogP contribution >= 0.6 is 11.6 Å². The first-order valence-corrected chi connectivity index (χ1v) is 9.52. The minimum Gasteiger partial charge on any atom is -0.351 e. The molecular formula is C21H23ClN3O+. The second-order valence-corrected chi connectivity index (χ2v) is 7.51. The standard InChI is InChI=1S/C21H22ClN3O/c22-17-6-7-19-16(12-17)13-20(24-19)21(26)23-18-8-10-25(11-9-18)14-15-4-2-1-3-5-15/h1-7,12-13,18,24H,8-11,14H2,(H,23,26)/p+1. The topological polar surface area (TPSA) is 49.3 Å². The molecule has 26 heavy (non-hydrogen) atoms. The number of piperidine rings is 1. The third kappa shape index (κ3) is 3.92. The molecule has 3 N–H and O–H groups in total. The lowest BCUT2D eigenvalue weighted by Crippen LogP contribution is -3.12. The van der Waals surface area contributed by atoms with Gasteiger partial charge in [0.2, 0.25) is 0 Å². The first-order chi connectivity index (χ1) is 12.7. The van der Waals surface area contributed by atoms with Crippen molar-refractivity contribution in [3.63, 3.8) is 0 Å². The average molecular weight is 369 g/mol. The number of rotatable bonds is 4. The van der Waals surface area contributed by atoms with Gasteiger partial charge in [-0.05, 0) is 24.3 Å². The number of quaternary nitrogens is 1. The van der Waals surface area contributed by atoms with E-state index < -0.39 is 0 Å². The van der Waals surface area contributed by atoms with Crippen molar-refractivity contribution in [2.24, 2.45) is 0 Å². The molecule has 4 rings (SSSR count). The van der Waals surface area contributed by atoms with Crippen LogP contribution in [0, 0.1) is 0 Å². The zero-order chi connectivity index (χ0) is 17.9. The van der Waals surface area contributed by atoms with Crippen LogP contribution < -0.4 is 10.2 Å². The number of hydrogen-bond acceptors (Lipinski definition) is 1. The third-order valence-corrected chi connectivity index (χ3v) is 5.39. The van der Waals surface area contributed by atoms with Gasteiger partial charge in [-0.1, -0.05) is 41.9 Å². The summed E-state index contributed by atoms with van der Waals surface area (Å²) in [6.07, 6.45) is 2.03. The highest BCUT2D eigenvalue weighted by atomic mass is 35.5. The van der Waals surface area contributed by atoms with Gasteiger partial charge >= 0.3 is 0 Å². The fourth-order valence-electron chi connectivity index (χ4n) is 3.72. The van der Waals surface area contributed by atoms with Crippen molar-refractivity contribution >= 4 is 28.4 Å². The summed E-state index contributed by atoms with van der Waals surface area (Å²) in [6, 6.07) is 18.3. The Bertz CT molecular complexity index is 898. The highest BCUT2D eigenvalue weighted by molar-refractivity contribution is 6.31. The van der Waals surface area contributed by atoms with E-state index in [9.17, 15) is 4.79 Å². The van der Waals surface area contributed by atoms with Gasteiger partial charge in [0, 0.05) is 40.4 Å². The number of nitrogens with one attached hydrogen (secondary N) is 3. The normalized spacial score (nSPS) is 20.2. The number of carbonyl (C=O) groups is 1. The van der Waals surface area contributed by atoms with Gasteiger partial charge in [-0.25, -0.2) is 0 Å². The zero-order valence-corrected chi connectivity index (χ0v) is 15.4. The SMILES string of the molecule is O=C(NC1CC[NH+](Cc2ccccc2)CC1)c1cc2cc(Cl)ccc2[nH]1. The molecule has 0 spiro atoms. The van der Waals surface area contributed by atoms with Crippen LogP contribution in [0.4, 0.5) is 0 Å². The summed E-state index contributed by atoms with van der Waals surface area (Å²) in [5.74, 6) is -0.0335. The fourth-order valence-corrected chi connectivity index (χ4v) is 3.90. The summed E-state index contributed by atoms with van der Waals surface area (Å²) in [4.78, 5) is 17.3. The fraction of sp³-hybridized carbons (Fsp3) is 0.286. The van der Waals surface area contributed by atoms with E-state index in [0.717, 1.165) is 43.4 Å². The van der Waals surface area contributed by atoms with Crippen LogP contribution in [-0.2, 0) is 6.54 Å². The van der Waals surface area contributed by atoms with Crippen LogP contribution in [-0.4, -0.2) is 30.0 Å². The lowest BCUT2D eigenvalue weighted by Gasteiger charge is -2.29. The molecule has 0 aliphatic carbocycles. The van der Waals surface area contributed by atoms with Crippen LogP contribution in [0.1, 0.15) is 28.9 Å². The van der Waals surface area contributed by atoms with Gasteiger partial charge in [-0.2, -0.15) is 0 Å². The Morgan fingerprint density at radius 2 is 1.88 bits per heavy atom. The van der Waals surface area contributed by atoms with Crippen molar-refractivity contribution in [1.82, 2.24) is 10.3 Å². The number of hydrogen-bond donors (Lipinski definition) is 3. The molecule has 0 atom stereocenters. The minimum absolute atomic E-state index is 0.0335. The molecule has 0 bridgehead atoms. The maximum Gasteiger partial charge on any atom is 0.267 e. The molecule has 1 aliphatic heterocycles. The van der Waals surface area contributed by atoms with Crippen molar-refractivity contribution in [3.8, 4) is 0 Å². The molecular weight excluding hydrogens is 346 g/mol. The Hall–Kier alpha value is -2.30. The molecule has 134 valence electrons. The van der Waals surface area contributed by atoms with Gasteiger partial charge < -0.3 is 15.2 Å². The van der Waals surface area contributed by atoms with E-state index in [4.69, 9.17) is 11.6 Å². The van der Waals surface area contributed by atoms with E-state index in [-0.39, 0.29) is 11.9 Å². The highest BCUT2D eigenvalue weighted by Gasteiger charge is 2.24. The number of halogens is 1. The average Bonchev–Trinajstić information content (AvgIpc) is 3.07. The molecule has 1 amide bonds. The quantitative estimate of drug-likeness (QED) is 0.651. The number of carbonyl (C=O) groups excluding carboxylic acids is 1. The van der Waals surface area contributed by atoms with E-state index >= 15 is 0 Å². The Labute approximate surface area is 158 Å². The lowest BCUT2D eigenvalue weighted by atomic mass is 10.0. The molecule has 1 saturated heterocycles. The molecule has 0 saturated carbocycles. The van der Waals surface area contributed by atoms with Crippen LogP contribution in [0.2, 0.25) is 5.02 Å². The number of likely N-dealkylation sites (tertiary alicyclic amines) is 1. The molecule has 4 nitrogen and oxygen atoms in total. The van der Waals surface area contributed by atoms with E-state index in [1.165, 1.54) is 5.56 Å². The largest absolute Gasteiger partial charge is 0.351 e. The predicted octanol–water partition coefficient (Wildman–Crippen LogP) is 2.80. The summed E-state index contributed by atoms with van der Waals surface area (Å²) in [6.45, 7) is 3.23. The zero-order valence-electron chi connectivity index (χ0n) is 14.6. The smallest absolute Gasteiger partial charge is 0.267 e. The van der Waals surface area contributed by atoms with Crippen molar-refractivity contribution in [2.45, 2.75) is 25.4 Å². The lowest BCUT2D eigenvalue weighted by molar-refractivity contribution is -0.918. The molecule has 2 heterocycles. The molecule has 0 unspecified atom stereocenters. The molecule has 1 fully saturated rings. The Morgan fingerprint density at radius 3 is 2.65 bits per heavy atom. The molecule has 1 aliphatic rings.